The van der Waals surface area contributed by atoms with Crippen molar-refractivity contribution in [1.82, 2.24) is 0 Å². The number of aryl methyl sites for hydroxylation is 2. The summed E-state index contributed by atoms with van der Waals surface area (Å²) in [7, 11) is 9.80. The van der Waals surface area contributed by atoms with Gasteiger partial charge in [-0.05, 0) is 123 Å². The highest BCUT2D eigenvalue weighted by Crippen LogP contribution is 2.57. The summed E-state index contributed by atoms with van der Waals surface area (Å²) in [6.45, 7) is 12.2. The third-order valence-corrected chi connectivity index (χ3v) is 12.3. The molecule has 0 bridgehead atoms. The fourth-order valence-electron chi connectivity index (χ4n) is 9.89. The summed E-state index contributed by atoms with van der Waals surface area (Å²) >= 11 is 0. The lowest BCUT2D eigenvalue weighted by Gasteiger charge is -2.33. The fourth-order valence-corrected chi connectivity index (χ4v) is 9.89. The molecule has 2 aliphatic rings. The highest BCUT2D eigenvalue weighted by molar-refractivity contribution is 6.13. The Hall–Kier alpha value is -5.84. The predicted molar refractivity (Wildman–Crippen MR) is 235 cm³/mol. The number of hydrogen-bond donors (Lipinski definition) is 2. The average molecular weight is 815 g/mol. The van der Waals surface area contributed by atoms with Gasteiger partial charge in [0.1, 0.15) is 46.0 Å². The van der Waals surface area contributed by atoms with Crippen LogP contribution in [0.25, 0.3) is 54.9 Å². The molecule has 0 saturated carbocycles. The molecule has 4 atom stereocenters. The normalized spacial score (nSPS) is 18.5. The van der Waals surface area contributed by atoms with Crippen LogP contribution in [0.2, 0.25) is 0 Å². The van der Waals surface area contributed by atoms with E-state index in [0.717, 1.165) is 66.4 Å². The third-order valence-electron chi connectivity index (χ3n) is 12.3. The molecule has 0 fully saturated rings. The van der Waals surface area contributed by atoms with Gasteiger partial charge < -0.3 is 48.1 Å². The molecule has 6 aromatic rings. The topological polar surface area (TPSA) is 114 Å². The lowest BCUT2D eigenvalue weighted by Crippen LogP contribution is -2.24. The van der Waals surface area contributed by atoms with Crippen LogP contribution in [0.15, 0.2) is 48.5 Å². The first-order valence-corrected chi connectivity index (χ1v) is 20.3. The molecule has 2 heterocycles. The Morgan fingerprint density at radius 2 is 0.800 bits per heavy atom. The molecule has 0 radical (unpaired) electrons. The third kappa shape index (κ3) is 6.39. The maximum Gasteiger partial charge on any atom is 0.135 e. The second-order valence-corrected chi connectivity index (χ2v) is 16.1. The molecule has 0 amide bonds. The van der Waals surface area contributed by atoms with Crippen molar-refractivity contribution >= 4 is 21.5 Å². The zero-order chi connectivity index (χ0) is 42.9. The molecule has 6 aromatic carbocycles. The second-order valence-electron chi connectivity index (χ2n) is 16.1. The van der Waals surface area contributed by atoms with Gasteiger partial charge in [0.2, 0.25) is 0 Å². The van der Waals surface area contributed by atoms with E-state index in [2.05, 4.69) is 26.0 Å². The van der Waals surface area contributed by atoms with Crippen LogP contribution >= 0.6 is 0 Å². The van der Waals surface area contributed by atoms with E-state index in [4.69, 9.17) is 37.9 Å². The van der Waals surface area contributed by atoms with Gasteiger partial charge in [0.25, 0.3) is 0 Å². The first-order chi connectivity index (χ1) is 28.8. The first kappa shape index (κ1) is 40.9. The second kappa shape index (κ2) is 15.6. The summed E-state index contributed by atoms with van der Waals surface area (Å²) in [6, 6.07) is 15.6. The van der Waals surface area contributed by atoms with Crippen molar-refractivity contribution in [2.45, 2.75) is 78.8 Å². The molecule has 0 aliphatic carbocycles. The van der Waals surface area contributed by atoms with E-state index in [1.54, 1.807) is 42.7 Å². The number of methoxy groups -OCH3 is 6. The van der Waals surface area contributed by atoms with E-state index in [1.165, 1.54) is 0 Å². The Kier molecular flexibility index (Phi) is 10.7. The number of rotatable bonds is 9. The SMILES string of the molecule is COc1cc(OC)c2c(c1-c1cc(-c3cc(-c4c(OC)cc(OC)c5c4C[C@@H](C)O[C@@H]5C)c4cc(C)cc(OC)c4c3O)c(O)c3c(OC)cc(C)cc13)C[C@@H](C)O[C@@H]2C. The number of hydrogen-bond acceptors (Lipinski definition) is 10. The van der Waals surface area contributed by atoms with Gasteiger partial charge in [-0.3, -0.25) is 0 Å². The number of benzene rings is 6. The monoisotopic (exact) mass is 814 g/mol. The van der Waals surface area contributed by atoms with Crippen molar-refractivity contribution in [2.75, 3.05) is 42.7 Å². The molecule has 60 heavy (non-hydrogen) atoms. The van der Waals surface area contributed by atoms with Gasteiger partial charge in [-0.1, -0.05) is 12.1 Å². The predicted octanol–water partition coefficient (Wildman–Crippen LogP) is 11.1. The highest BCUT2D eigenvalue weighted by atomic mass is 16.5. The van der Waals surface area contributed by atoms with Crippen LogP contribution in [-0.4, -0.2) is 65.1 Å². The standard InChI is InChI=1S/C50H54O10/c1-23-13-29-31(45-35-17-25(3)59-27(5)43(35)39(55-9)21-41(45)57-11)19-33(49(51)47(29)37(15-23)53-7)34-20-32(30-14-24(2)16-38(54-8)48(30)50(34)52)46-36-18-26(4)60-28(6)44(36)40(56-10)22-42(46)58-12/h13-16,19-22,25-28,51-52H,17-18H2,1-12H3/t25-,26-,27-,28-/m1/s1. The number of ether oxygens (including phenoxy) is 8. The maximum absolute atomic E-state index is 12.7. The van der Waals surface area contributed by atoms with Crippen LogP contribution in [0, 0.1) is 13.8 Å². The summed E-state index contributed by atoms with van der Waals surface area (Å²) in [5.41, 5.74) is 9.84. The highest BCUT2D eigenvalue weighted by Gasteiger charge is 2.35. The molecule has 8 rings (SSSR count). The molecule has 0 spiro atoms. The molecule has 2 aliphatic heterocycles. The lowest BCUT2D eigenvalue weighted by molar-refractivity contribution is -0.00621. The summed E-state index contributed by atoms with van der Waals surface area (Å²) in [4.78, 5) is 0. The molecular weight excluding hydrogens is 761 g/mol. The molecule has 10 nitrogen and oxygen atoms in total. The zero-order valence-corrected chi connectivity index (χ0v) is 36.5. The summed E-state index contributed by atoms with van der Waals surface area (Å²) in [6.07, 6.45) is 0.485. The van der Waals surface area contributed by atoms with Gasteiger partial charge in [-0.25, -0.2) is 0 Å². The summed E-state index contributed by atoms with van der Waals surface area (Å²) < 4.78 is 49.0. The maximum atomic E-state index is 12.7. The number of phenolic OH excluding ortho intramolecular Hbond substituents is 2. The van der Waals surface area contributed by atoms with Crippen molar-refractivity contribution in [3.05, 3.63) is 81.9 Å². The van der Waals surface area contributed by atoms with Crippen molar-refractivity contribution in [3.63, 3.8) is 0 Å². The lowest BCUT2D eigenvalue weighted by atomic mass is 9.81. The fraction of sp³-hybridized carbons (Fsp3) is 0.360. The Morgan fingerprint density at radius 1 is 0.450 bits per heavy atom. The van der Waals surface area contributed by atoms with Gasteiger partial charge in [-0.2, -0.15) is 0 Å². The van der Waals surface area contributed by atoms with Crippen LogP contribution in [-0.2, 0) is 22.3 Å². The van der Waals surface area contributed by atoms with Crippen LogP contribution in [0.1, 0.15) is 73.3 Å². The van der Waals surface area contributed by atoms with Gasteiger partial charge in [0, 0.05) is 45.5 Å². The van der Waals surface area contributed by atoms with E-state index >= 15 is 0 Å². The van der Waals surface area contributed by atoms with E-state index < -0.39 is 0 Å². The van der Waals surface area contributed by atoms with Gasteiger partial charge in [0.15, 0.2) is 0 Å². The van der Waals surface area contributed by atoms with Crippen LogP contribution in [0.4, 0.5) is 0 Å². The summed E-state index contributed by atoms with van der Waals surface area (Å²) in [5, 5.41) is 27.9. The van der Waals surface area contributed by atoms with Gasteiger partial charge >= 0.3 is 0 Å². The minimum absolute atomic E-state index is 0.0527. The Bertz CT molecular complexity index is 2510. The molecule has 0 aromatic heterocycles. The number of phenols is 2. The first-order valence-electron chi connectivity index (χ1n) is 20.3. The van der Waals surface area contributed by atoms with Crippen LogP contribution < -0.4 is 28.4 Å². The number of aromatic hydroxyl groups is 2. The quantitative estimate of drug-likeness (QED) is 0.146. The smallest absolute Gasteiger partial charge is 0.135 e. The molecule has 0 saturated heterocycles. The van der Waals surface area contributed by atoms with Gasteiger partial charge in [-0.15, -0.1) is 0 Å². The zero-order valence-electron chi connectivity index (χ0n) is 36.5. The Labute approximate surface area is 351 Å². The summed E-state index contributed by atoms with van der Waals surface area (Å²) in [5.74, 6) is 3.42. The van der Waals surface area contributed by atoms with E-state index in [1.807, 2.05) is 64.1 Å². The van der Waals surface area contributed by atoms with E-state index in [-0.39, 0.29) is 35.9 Å². The van der Waals surface area contributed by atoms with Crippen molar-refractivity contribution in [2.24, 2.45) is 0 Å². The molecule has 314 valence electrons. The van der Waals surface area contributed by atoms with Crippen molar-refractivity contribution in [3.8, 4) is 79.4 Å². The average Bonchev–Trinajstić information content (AvgIpc) is 3.22. The molecule has 0 unspecified atom stereocenters. The van der Waals surface area contributed by atoms with Gasteiger partial charge in [0.05, 0.1) is 77.8 Å². The van der Waals surface area contributed by atoms with Crippen LogP contribution in [0.5, 0.6) is 46.0 Å². The van der Waals surface area contributed by atoms with E-state index in [9.17, 15) is 10.2 Å². The number of fused-ring (bicyclic) bond motifs is 4. The largest absolute Gasteiger partial charge is 0.507 e. The minimum atomic E-state index is -0.258. The Morgan fingerprint density at radius 3 is 1.13 bits per heavy atom. The van der Waals surface area contributed by atoms with Crippen molar-refractivity contribution < 1.29 is 48.1 Å². The molecule has 10 heteroatoms. The van der Waals surface area contributed by atoms with E-state index in [0.29, 0.717) is 69.2 Å². The van der Waals surface area contributed by atoms with Crippen molar-refractivity contribution in [1.29, 1.82) is 0 Å². The molecular formula is C50H54O10. The molecule has 2 N–H and O–H groups in total. The minimum Gasteiger partial charge on any atom is -0.507 e. The van der Waals surface area contributed by atoms with Crippen LogP contribution in [0.3, 0.4) is 0 Å². The Balaban J connectivity index is 1.57.